The molecule has 1 saturated carbocycles. The number of esters is 1. The van der Waals surface area contributed by atoms with Gasteiger partial charge in [-0.1, -0.05) is 35.5 Å². The van der Waals surface area contributed by atoms with Gasteiger partial charge in [0.25, 0.3) is 5.89 Å². The fourth-order valence-electron chi connectivity index (χ4n) is 3.39. The molecule has 6 nitrogen and oxygen atoms in total. The highest BCUT2D eigenvalue weighted by atomic mass is 16.6. The van der Waals surface area contributed by atoms with Crippen LogP contribution < -0.4 is 0 Å². The molecule has 1 atom stereocenters. The standard InChI is InChI=1S/C22H23N3O3/c1-14-13-18(15(2)25(14)19-10-11-19)9-12-20(26)27-16(3)22-23-21(24-28-22)17-7-5-4-6-8-17/h4-9,12-13,16,19H,10-11H2,1-3H3/b12-9+/t16-/m1/s1. The molecule has 0 amide bonds. The number of aryl methyl sites for hydroxylation is 1. The molecule has 6 heteroatoms. The predicted molar refractivity (Wildman–Crippen MR) is 105 cm³/mol. The molecule has 2 heterocycles. The second kappa shape index (κ2) is 7.46. The van der Waals surface area contributed by atoms with E-state index in [9.17, 15) is 4.79 Å². The van der Waals surface area contributed by atoms with Crippen molar-refractivity contribution in [3.05, 3.63) is 65.3 Å². The van der Waals surface area contributed by atoms with E-state index < -0.39 is 12.1 Å². The Morgan fingerprint density at radius 3 is 2.75 bits per heavy atom. The number of carbonyl (C=O) groups excluding carboxylic acids is 1. The largest absolute Gasteiger partial charge is 0.449 e. The zero-order valence-corrected chi connectivity index (χ0v) is 16.3. The highest BCUT2D eigenvalue weighted by Gasteiger charge is 2.26. The molecule has 2 aromatic heterocycles. The Morgan fingerprint density at radius 2 is 2.04 bits per heavy atom. The third-order valence-electron chi connectivity index (χ3n) is 4.95. The van der Waals surface area contributed by atoms with Crippen LogP contribution in [0.1, 0.15) is 54.8 Å². The molecule has 1 aliphatic rings. The third-order valence-corrected chi connectivity index (χ3v) is 4.95. The van der Waals surface area contributed by atoms with Gasteiger partial charge in [0, 0.05) is 29.1 Å². The fraction of sp³-hybridized carbons (Fsp3) is 0.318. The van der Waals surface area contributed by atoms with E-state index in [-0.39, 0.29) is 5.89 Å². The van der Waals surface area contributed by atoms with Crippen molar-refractivity contribution < 1.29 is 14.1 Å². The molecule has 0 N–H and O–H groups in total. The number of ether oxygens (including phenoxy) is 1. The first-order valence-electron chi connectivity index (χ1n) is 9.49. The average molecular weight is 377 g/mol. The van der Waals surface area contributed by atoms with E-state index >= 15 is 0 Å². The lowest BCUT2D eigenvalue weighted by Crippen LogP contribution is -2.06. The Morgan fingerprint density at radius 1 is 1.29 bits per heavy atom. The Labute approximate surface area is 163 Å². The first-order chi connectivity index (χ1) is 13.5. The monoisotopic (exact) mass is 377 g/mol. The zero-order chi connectivity index (χ0) is 19.7. The molecule has 1 aliphatic carbocycles. The summed E-state index contributed by atoms with van der Waals surface area (Å²) in [6.45, 7) is 5.90. The molecular formula is C22H23N3O3. The summed E-state index contributed by atoms with van der Waals surface area (Å²) in [7, 11) is 0. The van der Waals surface area contributed by atoms with Crippen molar-refractivity contribution >= 4 is 12.0 Å². The summed E-state index contributed by atoms with van der Waals surface area (Å²) in [5.74, 6) is 0.303. The normalized spacial score (nSPS) is 15.1. The van der Waals surface area contributed by atoms with Crippen LogP contribution in [0.3, 0.4) is 0 Å². The fourth-order valence-corrected chi connectivity index (χ4v) is 3.39. The van der Waals surface area contributed by atoms with Crippen molar-refractivity contribution in [3.8, 4) is 11.4 Å². The first-order valence-corrected chi connectivity index (χ1v) is 9.49. The number of rotatable bonds is 6. The topological polar surface area (TPSA) is 70.2 Å². The van der Waals surface area contributed by atoms with Crippen LogP contribution in [-0.4, -0.2) is 20.7 Å². The van der Waals surface area contributed by atoms with E-state index in [1.54, 1.807) is 13.0 Å². The van der Waals surface area contributed by atoms with Crippen molar-refractivity contribution in [2.45, 2.75) is 45.8 Å². The lowest BCUT2D eigenvalue weighted by molar-refractivity contribution is -0.143. The average Bonchev–Trinajstić information content (AvgIpc) is 3.30. The van der Waals surface area contributed by atoms with Crippen molar-refractivity contribution in [2.75, 3.05) is 0 Å². The molecule has 0 aliphatic heterocycles. The van der Waals surface area contributed by atoms with Gasteiger partial charge in [0.05, 0.1) is 0 Å². The van der Waals surface area contributed by atoms with E-state index in [1.165, 1.54) is 30.3 Å². The Kier molecular flexibility index (Phi) is 4.86. The van der Waals surface area contributed by atoms with Crippen LogP contribution in [0.2, 0.25) is 0 Å². The molecule has 28 heavy (non-hydrogen) atoms. The maximum Gasteiger partial charge on any atom is 0.331 e. The molecule has 0 saturated heterocycles. The molecule has 0 bridgehead atoms. The lowest BCUT2D eigenvalue weighted by Gasteiger charge is -2.07. The van der Waals surface area contributed by atoms with Gasteiger partial charge in [0.15, 0.2) is 6.10 Å². The number of benzene rings is 1. The maximum absolute atomic E-state index is 12.2. The number of carbonyl (C=O) groups is 1. The molecule has 0 spiro atoms. The minimum atomic E-state index is -0.624. The van der Waals surface area contributed by atoms with Gasteiger partial charge in [-0.05, 0) is 51.3 Å². The van der Waals surface area contributed by atoms with Gasteiger partial charge in [-0.2, -0.15) is 4.98 Å². The van der Waals surface area contributed by atoms with E-state index in [2.05, 4.69) is 34.6 Å². The van der Waals surface area contributed by atoms with Gasteiger partial charge in [-0.15, -0.1) is 0 Å². The summed E-state index contributed by atoms with van der Waals surface area (Å²) in [6, 6.07) is 12.2. The second-order valence-electron chi connectivity index (χ2n) is 7.16. The van der Waals surface area contributed by atoms with Gasteiger partial charge < -0.3 is 13.8 Å². The number of aromatic nitrogens is 3. The molecular weight excluding hydrogens is 354 g/mol. The second-order valence-corrected chi connectivity index (χ2v) is 7.16. The summed E-state index contributed by atoms with van der Waals surface area (Å²) >= 11 is 0. The highest BCUT2D eigenvalue weighted by molar-refractivity contribution is 5.87. The van der Waals surface area contributed by atoms with Gasteiger partial charge in [0.2, 0.25) is 5.82 Å². The van der Waals surface area contributed by atoms with Crippen LogP contribution in [-0.2, 0) is 9.53 Å². The molecule has 144 valence electrons. The summed E-state index contributed by atoms with van der Waals surface area (Å²) in [4.78, 5) is 16.5. The minimum absolute atomic E-state index is 0.271. The number of hydrogen-bond donors (Lipinski definition) is 0. The molecule has 0 unspecified atom stereocenters. The quantitative estimate of drug-likeness (QED) is 0.455. The van der Waals surface area contributed by atoms with Crippen LogP contribution in [0.15, 0.2) is 47.0 Å². The van der Waals surface area contributed by atoms with E-state index in [4.69, 9.17) is 9.26 Å². The van der Waals surface area contributed by atoms with Gasteiger partial charge in [-0.3, -0.25) is 0 Å². The van der Waals surface area contributed by atoms with Crippen LogP contribution in [0.5, 0.6) is 0 Å². The van der Waals surface area contributed by atoms with Crippen LogP contribution in [0.4, 0.5) is 0 Å². The van der Waals surface area contributed by atoms with Gasteiger partial charge >= 0.3 is 5.97 Å². The number of hydrogen-bond acceptors (Lipinski definition) is 5. The van der Waals surface area contributed by atoms with Crippen LogP contribution in [0, 0.1) is 13.8 Å². The SMILES string of the molecule is Cc1cc(/C=C/C(=O)O[C@H](C)c2nc(-c3ccccc3)no2)c(C)n1C1CC1. The van der Waals surface area contributed by atoms with Crippen molar-refractivity contribution in [1.82, 2.24) is 14.7 Å². The summed E-state index contributed by atoms with van der Waals surface area (Å²) in [5, 5.41) is 3.96. The van der Waals surface area contributed by atoms with Crippen LogP contribution >= 0.6 is 0 Å². The molecule has 1 fully saturated rings. The Bertz CT molecular complexity index is 1010. The minimum Gasteiger partial charge on any atom is -0.449 e. The van der Waals surface area contributed by atoms with Gasteiger partial charge in [0.1, 0.15) is 0 Å². The van der Waals surface area contributed by atoms with E-state index in [0.29, 0.717) is 11.9 Å². The molecule has 4 rings (SSSR count). The molecule has 3 aromatic rings. The zero-order valence-electron chi connectivity index (χ0n) is 16.3. The smallest absolute Gasteiger partial charge is 0.331 e. The van der Waals surface area contributed by atoms with Crippen LogP contribution in [0.25, 0.3) is 17.5 Å². The maximum atomic E-state index is 12.2. The van der Waals surface area contributed by atoms with Crippen molar-refractivity contribution in [1.29, 1.82) is 0 Å². The van der Waals surface area contributed by atoms with Crippen molar-refractivity contribution in [2.24, 2.45) is 0 Å². The third kappa shape index (κ3) is 3.76. The lowest BCUT2D eigenvalue weighted by atomic mass is 10.2. The predicted octanol–water partition coefficient (Wildman–Crippen LogP) is 4.81. The highest BCUT2D eigenvalue weighted by Crippen LogP contribution is 2.38. The van der Waals surface area contributed by atoms with Gasteiger partial charge in [-0.25, -0.2) is 4.79 Å². The van der Waals surface area contributed by atoms with E-state index in [1.807, 2.05) is 30.3 Å². The number of nitrogens with zero attached hydrogens (tertiary/aromatic N) is 3. The first kappa shape index (κ1) is 18.2. The summed E-state index contributed by atoms with van der Waals surface area (Å²) in [5.41, 5.74) is 4.29. The summed E-state index contributed by atoms with van der Waals surface area (Å²) in [6.07, 6.45) is 5.09. The Hall–Kier alpha value is -3.15. The Balaban J connectivity index is 1.41. The molecule has 0 radical (unpaired) electrons. The van der Waals surface area contributed by atoms with Crippen molar-refractivity contribution in [3.63, 3.8) is 0 Å². The van der Waals surface area contributed by atoms with E-state index in [0.717, 1.165) is 11.1 Å². The molecule has 1 aromatic carbocycles. The summed E-state index contributed by atoms with van der Waals surface area (Å²) < 4.78 is 13.0.